The van der Waals surface area contributed by atoms with Crippen molar-refractivity contribution in [1.29, 1.82) is 0 Å². The smallest absolute Gasteiger partial charge is 0.350 e. The molecule has 0 saturated carbocycles. The van der Waals surface area contributed by atoms with Gasteiger partial charge in [-0.1, -0.05) is 37.2 Å². The average Bonchev–Trinajstić information content (AvgIpc) is 2.92. The number of halogens is 2. The zero-order valence-corrected chi connectivity index (χ0v) is 21.7. The summed E-state index contributed by atoms with van der Waals surface area (Å²) in [6, 6.07) is 7.67. The van der Waals surface area contributed by atoms with Crippen molar-refractivity contribution < 1.29 is 9.18 Å². The number of nitrogens with zero attached hydrogens (tertiary/aromatic N) is 7. The number of benzene rings is 1. The molecule has 0 spiro atoms. The molecule has 5 rings (SSSR count). The number of fused-ring (bicyclic) bond motifs is 1. The van der Waals surface area contributed by atoms with Gasteiger partial charge in [0.1, 0.15) is 11.6 Å². The van der Waals surface area contributed by atoms with Gasteiger partial charge in [0.05, 0.1) is 21.8 Å². The number of anilines is 1. The third-order valence-electron chi connectivity index (χ3n) is 6.61. The Balaban J connectivity index is 1.77. The number of pyridine rings is 1. The molecule has 4 heterocycles. The second-order valence-electron chi connectivity index (χ2n) is 8.93. The maximum absolute atomic E-state index is 14.8. The lowest BCUT2D eigenvalue weighted by molar-refractivity contribution is -0.126. The van der Waals surface area contributed by atoms with Crippen molar-refractivity contribution >= 4 is 34.4 Å². The molecule has 3 aromatic heterocycles. The first-order valence-electron chi connectivity index (χ1n) is 12.2. The van der Waals surface area contributed by atoms with E-state index < -0.39 is 11.5 Å². The van der Waals surface area contributed by atoms with Gasteiger partial charge >= 0.3 is 5.69 Å². The molecule has 1 saturated heterocycles. The molecule has 0 aliphatic carbocycles. The third-order valence-corrected chi connectivity index (χ3v) is 6.90. The number of hydrogen-bond acceptors (Lipinski definition) is 7. The maximum atomic E-state index is 14.8. The lowest BCUT2D eigenvalue weighted by Crippen LogP contribution is -2.54. The Morgan fingerprint density at radius 3 is 2.66 bits per heavy atom. The van der Waals surface area contributed by atoms with Gasteiger partial charge in [-0.05, 0) is 37.6 Å². The first-order valence-corrected chi connectivity index (χ1v) is 12.6. The average molecular weight is 534 g/mol. The van der Waals surface area contributed by atoms with Crippen LogP contribution in [0.5, 0.6) is 0 Å². The molecule has 1 aliphatic rings. The van der Waals surface area contributed by atoms with Crippen LogP contribution in [-0.2, 0) is 11.2 Å². The minimum atomic E-state index is -0.603. The third kappa shape index (κ3) is 4.41. The number of aromatic nitrogens is 5. The van der Waals surface area contributed by atoms with E-state index in [4.69, 9.17) is 16.6 Å². The molecule has 194 valence electrons. The predicted octanol–water partition coefficient (Wildman–Crippen LogP) is 3.82. The first-order chi connectivity index (χ1) is 18.3. The van der Waals surface area contributed by atoms with Crippen molar-refractivity contribution in [2.75, 3.05) is 24.5 Å². The Morgan fingerprint density at radius 1 is 1.18 bits per heavy atom. The van der Waals surface area contributed by atoms with Crippen molar-refractivity contribution in [3.63, 3.8) is 0 Å². The fourth-order valence-electron chi connectivity index (χ4n) is 4.75. The van der Waals surface area contributed by atoms with Crippen molar-refractivity contribution in [3.05, 3.63) is 82.4 Å². The fraction of sp³-hybridized carbons (Fsp3) is 0.259. The largest absolute Gasteiger partial charge is 0.357 e. The molecule has 1 aromatic carbocycles. The molecule has 1 fully saturated rings. The van der Waals surface area contributed by atoms with Gasteiger partial charge in [-0.15, -0.1) is 0 Å². The Morgan fingerprint density at radius 2 is 1.95 bits per heavy atom. The van der Waals surface area contributed by atoms with E-state index in [0.29, 0.717) is 48.8 Å². The molecular formula is C27H25ClFN7O2. The minimum absolute atomic E-state index is 0.154. The lowest BCUT2D eigenvalue weighted by Gasteiger charge is -2.40. The summed E-state index contributed by atoms with van der Waals surface area (Å²) in [5.41, 5.74) is 0.610. The van der Waals surface area contributed by atoms with E-state index in [2.05, 4.69) is 21.5 Å². The molecule has 0 radical (unpaired) electrons. The van der Waals surface area contributed by atoms with E-state index in [-0.39, 0.29) is 33.9 Å². The molecule has 4 aromatic rings. The molecule has 0 N–H and O–H groups in total. The number of rotatable bonds is 5. The summed E-state index contributed by atoms with van der Waals surface area (Å²) in [5.74, 6) is 0.0391. The van der Waals surface area contributed by atoms with Gasteiger partial charge in [-0.3, -0.25) is 9.78 Å². The Hall–Kier alpha value is -4.18. The molecule has 1 aliphatic heterocycles. The molecule has 38 heavy (non-hydrogen) atoms. The van der Waals surface area contributed by atoms with Gasteiger partial charge in [0.2, 0.25) is 5.91 Å². The molecule has 1 amide bonds. The van der Waals surface area contributed by atoms with Gasteiger partial charge in [0, 0.05) is 43.6 Å². The second-order valence-corrected chi connectivity index (χ2v) is 9.34. The summed E-state index contributed by atoms with van der Waals surface area (Å²) in [7, 11) is 0. The van der Waals surface area contributed by atoms with Crippen LogP contribution in [0.3, 0.4) is 0 Å². The molecule has 0 unspecified atom stereocenters. The van der Waals surface area contributed by atoms with Crippen molar-refractivity contribution in [2.24, 2.45) is 0 Å². The van der Waals surface area contributed by atoms with E-state index >= 15 is 0 Å². The maximum Gasteiger partial charge on any atom is 0.357 e. The summed E-state index contributed by atoms with van der Waals surface area (Å²) in [6.45, 7) is 8.71. The van der Waals surface area contributed by atoms with Crippen LogP contribution in [0.25, 0.3) is 28.1 Å². The van der Waals surface area contributed by atoms with Crippen molar-refractivity contribution in [2.45, 2.75) is 26.3 Å². The van der Waals surface area contributed by atoms with Crippen LogP contribution in [0.15, 0.2) is 60.2 Å². The van der Waals surface area contributed by atoms with Gasteiger partial charge in [0.25, 0.3) is 0 Å². The summed E-state index contributed by atoms with van der Waals surface area (Å²) in [5, 5.41) is 0.705. The highest BCUT2D eigenvalue weighted by atomic mass is 35.5. The van der Waals surface area contributed by atoms with Crippen molar-refractivity contribution in [1.82, 2.24) is 29.4 Å². The summed E-state index contributed by atoms with van der Waals surface area (Å²) in [6.07, 6.45) is 4.85. The zero-order valence-electron chi connectivity index (χ0n) is 20.9. The van der Waals surface area contributed by atoms with E-state index in [1.54, 1.807) is 35.4 Å². The number of amides is 1. The number of aryl methyl sites for hydroxylation is 1. The van der Waals surface area contributed by atoms with E-state index in [1.807, 2.05) is 18.7 Å². The van der Waals surface area contributed by atoms with Crippen LogP contribution in [0.2, 0.25) is 5.02 Å². The van der Waals surface area contributed by atoms with Crippen molar-refractivity contribution in [3.8, 4) is 17.1 Å². The predicted molar refractivity (Wildman–Crippen MR) is 144 cm³/mol. The number of hydrogen-bond donors (Lipinski definition) is 0. The monoisotopic (exact) mass is 533 g/mol. The quantitative estimate of drug-likeness (QED) is 0.360. The first kappa shape index (κ1) is 25.5. The van der Waals surface area contributed by atoms with Gasteiger partial charge in [-0.2, -0.15) is 4.98 Å². The lowest BCUT2D eigenvalue weighted by atomic mass is 10.1. The highest BCUT2D eigenvalue weighted by Crippen LogP contribution is 2.35. The highest BCUT2D eigenvalue weighted by Gasteiger charge is 2.30. The van der Waals surface area contributed by atoms with Crippen LogP contribution in [0, 0.1) is 5.82 Å². The van der Waals surface area contributed by atoms with E-state index in [1.165, 1.54) is 22.9 Å². The number of carbonyl (C=O) groups is 1. The summed E-state index contributed by atoms with van der Waals surface area (Å²) in [4.78, 5) is 47.4. The molecule has 11 heteroatoms. The minimum Gasteiger partial charge on any atom is -0.350 e. The SMILES string of the molecule is C=CC(=O)N1CCN(c2nc(=O)n(-c3nccnc3CC)c3nc(-c4ccccc4F)c(Cl)cc23)[C@@H](C)C1. The van der Waals surface area contributed by atoms with E-state index in [9.17, 15) is 14.0 Å². The van der Waals surface area contributed by atoms with Crippen LogP contribution in [0.4, 0.5) is 10.2 Å². The van der Waals surface area contributed by atoms with E-state index in [0.717, 1.165) is 0 Å². The Bertz CT molecular complexity index is 1620. The molecule has 0 bridgehead atoms. The number of carbonyl (C=O) groups excluding carboxylic acids is 1. The van der Waals surface area contributed by atoms with Gasteiger partial charge in [0.15, 0.2) is 11.5 Å². The summed E-state index contributed by atoms with van der Waals surface area (Å²) < 4.78 is 16.1. The standard InChI is InChI=1S/C27H25ClFN7O2/c1-4-21-26(31-11-10-30-21)36-25-18(14-19(28)23(32-25)17-8-6-7-9-20(17)29)24(33-27(36)38)35-13-12-34(15-16(35)3)22(37)5-2/h5-11,14,16H,2,4,12-13,15H2,1,3H3/t16-/m0/s1. The van der Waals surface area contributed by atoms with Crippen LogP contribution >= 0.6 is 11.6 Å². The normalized spacial score (nSPS) is 15.6. The van der Waals surface area contributed by atoms with Crippen LogP contribution < -0.4 is 10.6 Å². The highest BCUT2D eigenvalue weighted by molar-refractivity contribution is 6.33. The fourth-order valence-corrected chi connectivity index (χ4v) is 5.01. The Kier molecular flexibility index (Phi) is 6.90. The molecule has 9 nitrogen and oxygen atoms in total. The number of piperazine rings is 1. The van der Waals surface area contributed by atoms with Gasteiger partial charge in [-0.25, -0.2) is 23.7 Å². The molecule has 1 atom stereocenters. The topological polar surface area (TPSA) is 97.1 Å². The van der Waals surface area contributed by atoms with Gasteiger partial charge < -0.3 is 9.80 Å². The van der Waals surface area contributed by atoms with Crippen LogP contribution in [-0.4, -0.2) is 61.0 Å². The molecular weight excluding hydrogens is 509 g/mol. The second kappa shape index (κ2) is 10.3. The van der Waals surface area contributed by atoms with Crippen LogP contribution in [0.1, 0.15) is 19.5 Å². The summed E-state index contributed by atoms with van der Waals surface area (Å²) >= 11 is 6.68. The zero-order chi connectivity index (χ0) is 27.0. The Labute approximate surface area is 223 Å².